The maximum atomic E-state index is 12.8. The number of nitrogens with two attached hydrogens (primary N) is 1. The molecule has 154 valence electrons. The number of hydrogen-bond acceptors (Lipinski definition) is 5. The summed E-state index contributed by atoms with van der Waals surface area (Å²) in [5, 5.41) is 9.04. The molecule has 2 aromatic rings. The number of alkyl halides is 3. The molecule has 4 N–H and O–H groups in total. The minimum absolute atomic E-state index is 0.0346. The molecule has 0 radical (unpaired) electrons. The second kappa shape index (κ2) is 7.69. The molecule has 0 spiro atoms. The fraction of sp³-hybridized carbons (Fsp3) is 0.176. The monoisotopic (exact) mass is 445 g/mol. The standard InChI is InChI=1S/C17H14F3N3O4S2/c18-17(19,20)9-4-5-13-12(6-9)23-16(25)14(28-13)8-15(24)22-10-2-1-3-11(7-10)29(21,26)27/h1-7,14H,8H2,(H,22,24)(H,23,25)(H2,21,26,27). The average molecular weight is 445 g/mol. The summed E-state index contributed by atoms with van der Waals surface area (Å²) in [7, 11) is -3.94. The molecule has 0 bridgehead atoms. The van der Waals surface area contributed by atoms with Crippen molar-refractivity contribution < 1.29 is 31.2 Å². The minimum atomic E-state index is -4.54. The predicted octanol–water partition coefficient (Wildman–Crippen LogP) is 2.79. The van der Waals surface area contributed by atoms with Crippen molar-refractivity contribution in [3.8, 4) is 0 Å². The first-order valence-electron chi connectivity index (χ1n) is 8.05. The van der Waals surface area contributed by atoms with Gasteiger partial charge in [-0.05, 0) is 36.4 Å². The number of fused-ring (bicyclic) bond motifs is 1. The van der Waals surface area contributed by atoms with Crippen LogP contribution in [0.1, 0.15) is 12.0 Å². The number of nitrogens with one attached hydrogen (secondary N) is 2. The molecule has 0 aromatic heterocycles. The number of primary sulfonamides is 1. The third kappa shape index (κ3) is 5.08. The Bertz CT molecular complexity index is 1090. The van der Waals surface area contributed by atoms with Gasteiger partial charge in [0.2, 0.25) is 21.8 Å². The zero-order valence-electron chi connectivity index (χ0n) is 14.5. The van der Waals surface area contributed by atoms with Crippen LogP contribution in [-0.2, 0) is 25.8 Å². The van der Waals surface area contributed by atoms with Gasteiger partial charge in [-0.2, -0.15) is 13.2 Å². The first-order valence-corrected chi connectivity index (χ1v) is 10.5. The van der Waals surface area contributed by atoms with E-state index >= 15 is 0 Å². The van der Waals surface area contributed by atoms with E-state index in [0.29, 0.717) is 4.90 Å². The summed E-state index contributed by atoms with van der Waals surface area (Å²) < 4.78 is 61.1. The van der Waals surface area contributed by atoms with Crippen LogP contribution in [0.3, 0.4) is 0 Å². The Labute approximate surface area is 167 Å². The quantitative estimate of drug-likeness (QED) is 0.669. The van der Waals surface area contributed by atoms with Crippen molar-refractivity contribution in [1.29, 1.82) is 0 Å². The van der Waals surface area contributed by atoms with Gasteiger partial charge in [-0.3, -0.25) is 9.59 Å². The second-order valence-electron chi connectivity index (χ2n) is 6.13. The number of halogens is 3. The number of carbonyl (C=O) groups is 2. The van der Waals surface area contributed by atoms with E-state index in [-0.39, 0.29) is 22.7 Å². The van der Waals surface area contributed by atoms with Crippen LogP contribution < -0.4 is 15.8 Å². The number of thioether (sulfide) groups is 1. The number of hydrogen-bond donors (Lipinski definition) is 3. The van der Waals surface area contributed by atoms with E-state index in [9.17, 15) is 31.2 Å². The van der Waals surface area contributed by atoms with E-state index in [0.717, 1.165) is 23.9 Å². The fourth-order valence-electron chi connectivity index (χ4n) is 2.59. The molecule has 12 heteroatoms. The second-order valence-corrected chi connectivity index (χ2v) is 8.94. The largest absolute Gasteiger partial charge is 0.416 e. The zero-order valence-corrected chi connectivity index (χ0v) is 16.1. The van der Waals surface area contributed by atoms with Crippen LogP contribution >= 0.6 is 11.8 Å². The highest BCUT2D eigenvalue weighted by Gasteiger charge is 2.34. The maximum absolute atomic E-state index is 12.8. The molecule has 2 aromatic carbocycles. The summed E-state index contributed by atoms with van der Waals surface area (Å²) in [6.07, 6.45) is -4.80. The van der Waals surface area contributed by atoms with E-state index < -0.39 is 38.8 Å². The van der Waals surface area contributed by atoms with Crippen LogP contribution in [0.25, 0.3) is 0 Å². The first kappa shape index (κ1) is 21.1. The number of rotatable bonds is 4. The molecular weight excluding hydrogens is 431 g/mol. The minimum Gasteiger partial charge on any atom is -0.326 e. The van der Waals surface area contributed by atoms with Crippen molar-refractivity contribution in [2.45, 2.75) is 27.6 Å². The molecular formula is C17H14F3N3O4S2. The van der Waals surface area contributed by atoms with Crippen molar-refractivity contribution in [3.63, 3.8) is 0 Å². The van der Waals surface area contributed by atoms with Gasteiger partial charge in [-0.25, -0.2) is 13.6 Å². The number of sulfonamides is 1. The highest BCUT2D eigenvalue weighted by molar-refractivity contribution is 8.01. The Balaban J connectivity index is 1.70. The Kier molecular flexibility index (Phi) is 5.61. The van der Waals surface area contributed by atoms with E-state index in [4.69, 9.17) is 5.14 Å². The lowest BCUT2D eigenvalue weighted by molar-refractivity contribution is -0.137. The third-order valence-corrected chi connectivity index (χ3v) is 6.13. The topological polar surface area (TPSA) is 118 Å². The fourth-order valence-corrected chi connectivity index (χ4v) is 4.24. The number of benzene rings is 2. The van der Waals surface area contributed by atoms with Crippen LogP contribution in [-0.4, -0.2) is 25.5 Å². The third-order valence-electron chi connectivity index (χ3n) is 3.94. The summed E-state index contributed by atoms with van der Waals surface area (Å²) in [4.78, 5) is 24.7. The van der Waals surface area contributed by atoms with Crippen LogP contribution in [0.4, 0.5) is 24.5 Å². The average Bonchev–Trinajstić information content (AvgIpc) is 2.60. The molecule has 1 atom stereocenters. The number of amides is 2. The van der Waals surface area contributed by atoms with E-state index in [2.05, 4.69) is 10.6 Å². The molecule has 0 saturated heterocycles. The smallest absolute Gasteiger partial charge is 0.326 e. The lowest BCUT2D eigenvalue weighted by Gasteiger charge is -2.24. The molecule has 2 amide bonds. The SMILES string of the molecule is NS(=O)(=O)c1cccc(NC(=O)CC2Sc3ccc(C(F)(F)F)cc3NC2=O)c1. The van der Waals surface area contributed by atoms with Gasteiger partial charge in [0.25, 0.3) is 0 Å². The molecule has 7 nitrogen and oxygen atoms in total. The molecule has 29 heavy (non-hydrogen) atoms. The molecule has 0 saturated carbocycles. The Morgan fingerprint density at radius 3 is 2.59 bits per heavy atom. The summed E-state index contributed by atoms with van der Waals surface area (Å²) in [5.74, 6) is -1.17. The lowest BCUT2D eigenvalue weighted by Crippen LogP contribution is -2.32. The molecule has 1 aliphatic rings. The van der Waals surface area contributed by atoms with E-state index in [1.807, 2.05) is 0 Å². The van der Waals surface area contributed by atoms with Crippen LogP contribution in [0, 0.1) is 0 Å². The molecule has 1 unspecified atom stereocenters. The number of anilines is 2. The van der Waals surface area contributed by atoms with Crippen molar-refractivity contribution in [1.82, 2.24) is 0 Å². The molecule has 0 fully saturated rings. The van der Waals surface area contributed by atoms with Gasteiger partial charge >= 0.3 is 6.18 Å². The van der Waals surface area contributed by atoms with Crippen LogP contribution in [0.15, 0.2) is 52.3 Å². The van der Waals surface area contributed by atoms with E-state index in [1.54, 1.807) is 0 Å². The zero-order chi connectivity index (χ0) is 21.4. The van der Waals surface area contributed by atoms with Gasteiger partial charge in [-0.1, -0.05) is 6.07 Å². The highest BCUT2D eigenvalue weighted by atomic mass is 32.2. The van der Waals surface area contributed by atoms with Crippen LogP contribution in [0.5, 0.6) is 0 Å². The van der Waals surface area contributed by atoms with E-state index in [1.165, 1.54) is 30.3 Å². The van der Waals surface area contributed by atoms with Crippen LogP contribution in [0.2, 0.25) is 0 Å². The van der Waals surface area contributed by atoms with Gasteiger partial charge in [0.15, 0.2) is 0 Å². The van der Waals surface area contributed by atoms with Gasteiger partial charge in [0.05, 0.1) is 21.4 Å². The molecule has 1 heterocycles. The molecule has 0 aliphatic carbocycles. The molecule has 3 rings (SSSR count). The predicted molar refractivity (Wildman–Crippen MR) is 101 cm³/mol. The Hall–Kier alpha value is -2.57. The normalized spacial score (nSPS) is 16.7. The molecule has 1 aliphatic heterocycles. The lowest BCUT2D eigenvalue weighted by atomic mass is 10.1. The Morgan fingerprint density at radius 1 is 1.21 bits per heavy atom. The summed E-state index contributed by atoms with van der Waals surface area (Å²) in [5.41, 5.74) is -0.673. The van der Waals surface area contributed by atoms with Gasteiger partial charge in [0, 0.05) is 17.0 Å². The summed E-state index contributed by atoms with van der Waals surface area (Å²) >= 11 is 0.975. The number of carbonyl (C=O) groups excluding carboxylic acids is 2. The summed E-state index contributed by atoms with van der Waals surface area (Å²) in [6, 6.07) is 8.27. The first-order chi connectivity index (χ1) is 13.4. The highest BCUT2D eigenvalue weighted by Crippen LogP contribution is 2.40. The van der Waals surface area contributed by atoms with Gasteiger partial charge < -0.3 is 10.6 Å². The maximum Gasteiger partial charge on any atom is 0.416 e. The Morgan fingerprint density at radius 2 is 1.93 bits per heavy atom. The van der Waals surface area contributed by atoms with Gasteiger partial charge in [0.1, 0.15) is 0 Å². The van der Waals surface area contributed by atoms with Crippen molar-refractivity contribution in [2.75, 3.05) is 10.6 Å². The van der Waals surface area contributed by atoms with Crippen molar-refractivity contribution >= 4 is 45.0 Å². The van der Waals surface area contributed by atoms with Crippen molar-refractivity contribution in [2.24, 2.45) is 5.14 Å². The van der Waals surface area contributed by atoms with Crippen molar-refractivity contribution in [3.05, 3.63) is 48.0 Å². The summed E-state index contributed by atoms with van der Waals surface area (Å²) in [6.45, 7) is 0. The van der Waals surface area contributed by atoms with Gasteiger partial charge in [-0.15, -0.1) is 11.8 Å².